The summed E-state index contributed by atoms with van der Waals surface area (Å²) in [7, 11) is 0. The van der Waals surface area contributed by atoms with E-state index in [0.717, 1.165) is 22.3 Å². The number of nitrogens with zero attached hydrogens (tertiary/aromatic N) is 4. The summed E-state index contributed by atoms with van der Waals surface area (Å²) in [6, 6.07) is 11.1. The Hall–Kier alpha value is -5.31. The summed E-state index contributed by atoms with van der Waals surface area (Å²) in [5, 5.41) is 7.47. The first-order chi connectivity index (χ1) is 23.5. The van der Waals surface area contributed by atoms with Gasteiger partial charge in [-0.1, -0.05) is 48.5 Å². The van der Waals surface area contributed by atoms with E-state index < -0.39 is 47.8 Å². The van der Waals surface area contributed by atoms with Gasteiger partial charge in [-0.2, -0.15) is 0 Å². The van der Waals surface area contributed by atoms with Gasteiger partial charge in [0.25, 0.3) is 0 Å². The molecule has 4 atom stereocenters. The van der Waals surface area contributed by atoms with E-state index in [2.05, 4.69) is 20.6 Å². The molecular weight excluding hydrogens is 646 g/mol. The first-order valence-electron chi connectivity index (χ1n) is 16.1. The Morgan fingerprint density at radius 1 is 0.878 bits per heavy atom. The molecule has 0 aliphatic carbocycles. The Balaban J connectivity index is 1.39. The Bertz CT molecular complexity index is 1730. The van der Waals surface area contributed by atoms with Gasteiger partial charge in [0, 0.05) is 51.2 Å². The predicted octanol–water partition coefficient (Wildman–Crippen LogP) is 0.121. The number of hydrogen-bond acceptors (Lipinski definition) is 8. The van der Waals surface area contributed by atoms with Crippen LogP contribution in [0.2, 0.25) is 0 Å². The van der Waals surface area contributed by atoms with E-state index in [4.69, 9.17) is 17.2 Å². The van der Waals surface area contributed by atoms with Crippen molar-refractivity contribution in [2.24, 2.45) is 22.2 Å². The number of benzene rings is 2. The lowest BCUT2D eigenvalue weighted by atomic mass is 9.92. The van der Waals surface area contributed by atoms with Crippen LogP contribution < -0.4 is 27.8 Å². The second-order valence-electron chi connectivity index (χ2n) is 12.2. The van der Waals surface area contributed by atoms with Gasteiger partial charge in [0.15, 0.2) is 5.96 Å². The molecule has 0 radical (unpaired) electrons. The molecule has 2 aliphatic heterocycles. The molecule has 0 fully saturated rings. The van der Waals surface area contributed by atoms with Crippen LogP contribution in [-0.4, -0.2) is 81.0 Å². The number of aliphatic imine (C=N–C) groups is 1. The van der Waals surface area contributed by atoms with Gasteiger partial charge < -0.3 is 37.6 Å². The van der Waals surface area contributed by atoms with Crippen molar-refractivity contribution in [3.8, 4) is 0 Å². The quantitative estimate of drug-likeness (QED) is 0.0998. The van der Waals surface area contributed by atoms with E-state index in [0.29, 0.717) is 12.1 Å². The van der Waals surface area contributed by atoms with E-state index in [9.17, 15) is 24.0 Å². The maximum Gasteiger partial charge on any atom is 0.246 e. The lowest BCUT2D eigenvalue weighted by Crippen LogP contribution is -2.60. The average molecular weight is 688 g/mol. The second-order valence-corrected chi connectivity index (χ2v) is 13.0. The third kappa shape index (κ3) is 8.59. The Kier molecular flexibility index (Phi) is 11.2. The molecule has 15 heteroatoms. The molecule has 1 unspecified atom stereocenters. The normalized spacial score (nSPS) is 17.9. The highest BCUT2D eigenvalue weighted by atomic mass is 32.1. The Labute approximate surface area is 288 Å². The number of rotatable bonds is 12. The summed E-state index contributed by atoms with van der Waals surface area (Å²) >= 11 is 1.34. The topological polar surface area (TPSA) is 219 Å². The van der Waals surface area contributed by atoms with E-state index in [1.807, 2.05) is 48.5 Å². The van der Waals surface area contributed by atoms with Crippen LogP contribution in [0.25, 0.3) is 0 Å². The van der Waals surface area contributed by atoms with Crippen molar-refractivity contribution in [2.45, 2.75) is 76.3 Å². The molecule has 258 valence electrons. The Morgan fingerprint density at radius 2 is 1.49 bits per heavy atom. The lowest BCUT2D eigenvalue weighted by molar-refractivity contribution is -0.144. The van der Waals surface area contributed by atoms with E-state index in [1.54, 1.807) is 10.9 Å². The van der Waals surface area contributed by atoms with Crippen LogP contribution in [0.4, 0.5) is 0 Å². The molecule has 0 bridgehead atoms. The number of carbonyl (C=O) groups is 5. The van der Waals surface area contributed by atoms with Gasteiger partial charge in [0.05, 0.1) is 11.2 Å². The summed E-state index contributed by atoms with van der Waals surface area (Å²) in [6.45, 7) is 2.00. The number of nitrogens with one attached hydrogen (secondary N) is 2. The number of guanidine groups is 1. The van der Waals surface area contributed by atoms with Gasteiger partial charge in [-0.3, -0.25) is 29.0 Å². The highest BCUT2D eigenvalue weighted by Crippen LogP contribution is 2.26. The van der Waals surface area contributed by atoms with Crippen molar-refractivity contribution in [1.29, 1.82) is 0 Å². The second kappa shape index (κ2) is 15.7. The van der Waals surface area contributed by atoms with Crippen molar-refractivity contribution >= 4 is 46.8 Å². The van der Waals surface area contributed by atoms with Gasteiger partial charge in [0.1, 0.15) is 24.2 Å². The zero-order valence-electron chi connectivity index (χ0n) is 27.2. The number of aromatic nitrogens is 1. The predicted molar refractivity (Wildman–Crippen MR) is 183 cm³/mol. The zero-order valence-corrected chi connectivity index (χ0v) is 28.0. The van der Waals surface area contributed by atoms with Crippen LogP contribution in [0, 0.1) is 0 Å². The lowest BCUT2D eigenvalue weighted by Gasteiger charge is -2.38. The molecule has 2 aromatic carbocycles. The fraction of sp³-hybridized carbons (Fsp3) is 0.382. The monoisotopic (exact) mass is 687 g/mol. The largest absolute Gasteiger partial charge is 0.370 e. The van der Waals surface area contributed by atoms with Gasteiger partial charge in [-0.25, -0.2) is 4.98 Å². The first-order valence-corrected chi connectivity index (χ1v) is 17.0. The zero-order chi connectivity index (χ0) is 35.1. The van der Waals surface area contributed by atoms with Crippen LogP contribution in [0.5, 0.6) is 0 Å². The number of hydrogen-bond donors (Lipinski definition) is 5. The molecule has 14 nitrogen and oxygen atoms in total. The van der Waals surface area contributed by atoms with Gasteiger partial charge in [-0.15, -0.1) is 11.3 Å². The fourth-order valence-corrected chi connectivity index (χ4v) is 6.93. The molecule has 0 saturated carbocycles. The summed E-state index contributed by atoms with van der Waals surface area (Å²) in [6.07, 6.45) is 1.04. The number of carbonyl (C=O) groups excluding carboxylic acids is 5. The molecule has 8 N–H and O–H groups in total. The number of thiazole rings is 1. The fourth-order valence-electron chi connectivity index (χ4n) is 6.36. The van der Waals surface area contributed by atoms with Gasteiger partial charge >= 0.3 is 0 Å². The van der Waals surface area contributed by atoms with E-state index in [1.165, 1.54) is 28.1 Å². The minimum atomic E-state index is -1.14. The van der Waals surface area contributed by atoms with Gasteiger partial charge in [-0.05, 0) is 35.1 Å². The van der Waals surface area contributed by atoms with Crippen molar-refractivity contribution in [3.63, 3.8) is 0 Å². The molecule has 1 aromatic heterocycles. The van der Waals surface area contributed by atoms with Crippen molar-refractivity contribution in [2.75, 3.05) is 6.54 Å². The van der Waals surface area contributed by atoms with Crippen LogP contribution in [-0.2, 0) is 56.3 Å². The average Bonchev–Trinajstić information content (AvgIpc) is 3.60. The highest BCUT2D eigenvalue weighted by Gasteiger charge is 2.39. The van der Waals surface area contributed by atoms with Crippen LogP contribution in [0.1, 0.15) is 47.7 Å². The molecular formula is C34H41N9O5S. The van der Waals surface area contributed by atoms with E-state index in [-0.39, 0.29) is 57.2 Å². The molecule has 5 amide bonds. The first kappa shape index (κ1) is 35.0. The van der Waals surface area contributed by atoms with Crippen molar-refractivity contribution in [3.05, 3.63) is 87.4 Å². The van der Waals surface area contributed by atoms with Crippen LogP contribution >= 0.6 is 11.3 Å². The SMILES string of the molecule is CC(=O)N1Cc2ccccc2C[C@H]1C(=O)NC(Cc1cscn1)C(=O)N[C@@H](CCCN=C(N)N)C(=O)N1Cc2ccccc2C[C@H]1C(N)=O. The maximum atomic E-state index is 14.2. The van der Waals surface area contributed by atoms with Gasteiger partial charge in [0.2, 0.25) is 29.5 Å². The highest BCUT2D eigenvalue weighted by molar-refractivity contribution is 7.07. The number of nitrogens with two attached hydrogens (primary N) is 3. The van der Waals surface area contributed by atoms with Crippen LogP contribution in [0.15, 0.2) is 64.4 Å². The molecule has 3 heterocycles. The van der Waals surface area contributed by atoms with E-state index >= 15 is 0 Å². The summed E-state index contributed by atoms with van der Waals surface area (Å²) in [5.74, 6) is -2.66. The molecule has 5 rings (SSSR count). The number of amides is 5. The number of primary amides is 1. The molecule has 3 aromatic rings. The van der Waals surface area contributed by atoms with Crippen molar-refractivity contribution in [1.82, 2.24) is 25.4 Å². The third-order valence-electron chi connectivity index (χ3n) is 8.91. The van der Waals surface area contributed by atoms with Crippen LogP contribution in [0.3, 0.4) is 0 Å². The smallest absolute Gasteiger partial charge is 0.246 e. The minimum absolute atomic E-state index is 0.0420. The summed E-state index contributed by atoms with van der Waals surface area (Å²) in [5.41, 5.74) is 22.6. The molecule has 2 aliphatic rings. The number of fused-ring (bicyclic) bond motifs is 2. The van der Waals surface area contributed by atoms with Crippen molar-refractivity contribution < 1.29 is 24.0 Å². The summed E-state index contributed by atoms with van der Waals surface area (Å²) in [4.78, 5) is 78.6. The molecule has 49 heavy (non-hydrogen) atoms. The standard InChI is InChI=1S/C34H41N9O5S/c1-20(44)42-16-23-9-4-3-8-22(23)14-29(42)32(47)41-27(15-25-18-49-19-39-25)31(46)40-26(11-6-12-38-34(36)37)33(48)43-17-24-10-5-2-7-21(24)13-28(43)30(35)45/h2-5,7-10,18-19,26-29H,6,11-17H2,1H3,(H2,35,45)(H,40,46)(H,41,47)(H4,36,37,38)/t26-,27?,28-,29-/m0/s1. The summed E-state index contributed by atoms with van der Waals surface area (Å²) < 4.78 is 0. The Morgan fingerprint density at radius 3 is 2.06 bits per heavy atom. The molecule has 0 spiro atoms. The molecule has 0 saturated heterocycles. The maximum absolute atomic E-state index is 14.2. The minimum Gasteiger partial charge on any atom is -0.370 e. The third-order valence-corrected chi connectivity index (χ3v) is 9.54.